The highest BCUT2D eigenvalue weighted by Gasteiger charge is 2.43. The Bertz CT molecular complexity index is 588. The van der Waals surface area contributed by atoms with Crippen LogP contribution >= 0.6 is 0 Å². The first kappa shape index (κ1) is 20.6. The third-order valence-electron chi connectivity index (χ3n) is 4.77. The van der Waals surface area contributed by atoms with E-state index in [9.17, 15) is 19.2 Å². The lowest BCUT2D eigenvalue weighted by Gasteiger charge is -2.30. The first-order valence-electron chi connectivity index (χ1n) is 8.27. The molecule has 138 valence electrons. The molecule has 0 aromatic carbocycles. The lowest BCUT2D eigenvalue weighted by atomic mass is 9.77. The molecule has 25 heavy (non-hydrogen) atoms. The van der Waals surface area contributed by atoms with Crippen LogP contribution in [0.3, 0.4) is 0 Å². The molecule has 0 aliphatic carbocycles. The third kappa shape index (κ3) is 4.56. The van der Waals surface area contributed by atoms with Gasteiger partial charge >= 0.3 is 5.97 Å². The van der Waals surface area contributed by atoms with E-state index in [1.165, 1.54) is 7.11 Å². The van der Waals surface area contributed by atoms with Gasteiger partial charge in [0, 0.05) is 13.1 Å². The second-order valence-corrected chi connectivity index (χ2v) is 6.63. The Hall–Kier alpha value is -2.43. The molecular formula is C17H25N3O5. The number of hydrogen-bond donors (Lipinski definition) is 2. The zero-order chi connectivity index (χ0) is 19.1. The summed E-state index contributed by atoms with van der Waals surface area (Å²) in [5, 5.41) is 13.7. The second-order valence-electron chi connectivity index (χ2n) is 6.63. The molecule has 2 unspecified atom stereocenters. The molecule has 0 radical (unpaired) electrons. The summed E-state index contributed by atoms with van der Waals surface area (Å²) in [7, 11) is 1.30. The topological polar surface area (TPSA) is 125 Å². The van der Waals surface area contributed by atoms with Gasteiger partial charge in [-0.25, -0.2) is 0 Å². The predicted octanol–water partition coefficient (Wildman–Crippen LogP) is 0.461. The molecule has 2 fully saturated rings. The molecule has 0 bridgehead atoms. The van der Waals surface area contributed by atoms with Gasteiger partial charge in [-0.15, -0.1) is 0 Å². The Morgan fingerprint density at radius 3 is 1.96 bits per heavy atom. The lowest BCUT2D eigenvalue weighted by Crippen LogP contribution is -2.49. The Labute approximate surface area is 147 Å². The highest BCUT2D eigenvalue weighted by Crippen LogP contribution is 2.29. The van der Waals surface area contributed by atoms with Gasteiger partial charge in [-0.2, -0.15) is 5.26 Å². The molecule has 2 heterocycles. The van der Waals surface area contributed by atoms with Crippen molar-refractivity contribution in [3.8, 4) is 6.07 Å². The first-order valence-corrected chi connectivity index (χ1v) is 8.27. The van der Waals surface area contributed by atoms with Crippen LogP contribution in [0.4, 0.5) is 0 Å². The SMILES string of the molecule is CC1(C(=O)CC#N)CCCNC1=O.COC(=O)C1(C)CCCNC1=O. The maximum atomic E-state index is 11.4. The summed E-state index contributed by atoms with van der Waals surface area (Å²) >= 11 is 0. The molecule has 2 aliphatic rings. The van der Waals surface area contributed by atoms with E-state index in [1.807, 2.05) is 0 Å². The van der Waals surface area contributed by atoms with Crippen molar-refractivity contribution in [2.45, 2.75) is 46.0 Å². The zero-order valence-electron chi connectivity index (χ0n) is 14.9. The third-order valence-corrected chi connectivity index (χ3v) is 4.77. The average molecular weight is 351 g/mol. The number of carbonyl (C=O) groups excluding carboxylic acids is 4. The number of nitriles is 1. The number of rotatable bonds is 3. The Balaban J connectivity index is 0.000000251. The molecule has 2 saturated heterocycles. The van der Waals surface area contributed by atoms with Crippen molar-refractivity contribution in [1.82, 2.24) is 10.6 Å². The molecular weight excluding hydrogens is 326 g/mol. The quantitative estimate of drug-likeness (QED) is 0.562. The van der Waals surface area contributed by atoms with Crippen molar-refractivity contribution in [1.29, 1.82) is 5.26 Å². The highest BCUT2D eigenvalue weighted by molar-refractivity contribution is 6.06. The van der Waals surface area contributed by atoms with E-state index in [1.54, 1.807) is 19.9 Å². The molecule has 0 aromatic rings. The van der Waals surface area contributed by atoms with Crippen LogP contribution in [-0.2, 0) is 23.9 Å². The molecule has 2 N–H and O–H groups in total. The van der Waals surface area contributed by atoms with Gasteiger partial charge in [0.15, 0.2) is 5.78 Å². The fraction of sp³-hybridized carbons (Fsp3) is 0.706. The van der Waals surface area contributed by atoms with Crippen LogP contribution in [0, 0.1) is 22.2 Å². The summed E-state index contributed by atoms with van der Waals surface area (Å²) in [6, 6.07) is 1.78. The predicted molar refractivity (Wildman–Crippen MR) is 88.0 cm³/mol. The number of piperidine rings is 2. The van der Waals surface area contributed by atoms with Crippen molar-refractivity contribution in [3.05, 3.63) is 0 Å². The molecule has 2 aliphatic heterocycles. The largest absolute Gasteiger partial charge is 0.468 e. The van der Waals surface area contributed by atoms with Crippen molar-refractivity contribution >= 4 is 23.6 Å². The van der Waals surface area contributed by atoms with Crippen molar-refractivity contribution in [3.63, 3.8) is 0 Å². The molecule has 0 spiro atoms. The fourth-order valence-corrected chi connectivity index (χ4v) is 2.86. The van der Waals surface area contributed by atoms with Gasteiger partial charge in [0.1, 0.15) is 10.8 Å². The summed E-state index contributed by atoms with van der Waals surface area (Å²) in [6.07, 6.45) is 2.59. The molecule has 8 nitrogen and oxygen atoms in total. The van der Waals surface area contributed by atoms with Crippen LogP contribution in [0.2, 0.25) is 0 Å². The summed E-state index contributed by atoms with van der Waals surface area (Å²) < 4.78 is 4.56. The fourth-order valence-electron chi connectivity index (χ4n) is 2.86. The van der Waals surface area contributed by atoms with Crippen molar-refractivity contribution < 1.29 is 23.9 Å². The number of carbonyl (C=O) groups is 4. The standard InChI is InChI=1S/C9H12N2O2.C8H13NO3/c1-9(7(12)3-5-10)4-2-6-11-8(9)13;1-8(7(11)12-2)4-3-5-9-6(8)10/h2-4,6H2,1H3,(H,11,13);3-5H2,1-2H3,(H,9,10). The molecule has 2 atom stereocenters. The maximum Gasteiger partial charge on any atom is 0.321 e. The maximum absolute atomic E-state index is 11.4. The molecule has 0 aromatic heterocycles. The minimum absolute atomic E-state index is 0.177. The van der Waals surface area contributed by atoms with Crippen LogP contribution in [0.25, 0.3) is 0 Å². The second kappa shape index (κ2) is 8.60. The van der Waals surface area contributed by atoms with Gasteiger partial charge in [-0.3, -0.25) is 19.2 Å². The summed E-state index contributed by atoms with van der Waals surface area (Å²) in [5.41, 5.74) is -1.93. The van der Waals surface area contributed by atoms with E-state index in [0.29, 0.717) is 25.9 Å². The lowest BCUT2D eigenvalue weighted by molar-refractivity contribution is -0.159. The Kier molecular flexibility index (Phi) is 7.09. The van der Waals surface area contributed by atoms with Gasteiger partial charge in [-0.05, 0) is 39.5 Å². The normalized spacial score (nSPS) is 28.4. The number of hydrogen-bond acceptors (Lipinski definition) is 6. The van der Waals surface area contributed by atoms with Crippen LogP contribution < -0.4 is 10.6 Å². The summed E-state index contributed by atoms with van der Waals surface area (Å²) in [6.45, 7) is 4.52. The summed E-state index contributed by atoms with van der Waals surface area (Å²) in [5.74, 6) is -1.17. The molecule has 8 heteroatoms. The number of nitrogens with one attached hydrogen (secondary N) is 2. The van der Waals surface area contributed by atoms with Crippen molar-refractivity contribution in [2.75, 3.05) is 20.2 Å². The van der Waals surface area contributed by atoms with Crippen molar-refractivity contribution in [2.24, 2.45) is 10.8 Å². The average Bonchev–Trinajstić information content (AvgIpc) is 2.60. The zero-order valence-corrected chi connectivity index (χ0v) is 14.9. The monoisotopic (exact) mass is 351 g/mol. The van der Waals surface area contributed by atoms with Gasteiger partial charge in [-0.1, -0.05) is 0 Å². The molecule has 2 amide bonds. The van der Waals surface area contributed by atoms with E-state index in [0.717, 1.165) is 12.8 Å². The van der Waals surface area contributed by atoms with Crippen LogP contribution in [-0.4, -0.2) is 43.8 Å². The van der Waals surface area contributed by atoms with Crippen LogP contribution in [0.5, 0.6) is 0 Å². The van der Waals surface area contributed by atoms with Crippen LogP contribution in [0.15, 0.2) is 0 Å². The van der Waals surface area contributed by atoms with Gasteiger partial charge in [0.05, 0.1) is 19.6 Å². The van der Waals surface area contributed by atoms with Gasteiger partial charge in [0.2, 0.25) is 11.8 Å². The number of methoxy groups -OCH3 is 1. The van der Waals surface area contributed by atoms with Gasteiger partial charge in [0.25, 0.3) is 0 Å². The number of nitrogens with zero attached hydrogens (tertiary/aromatic N) is 1. The number of esters is 1. The Morgan fingerprint density at radius 2 is 1.56 bits per heavy atom. The Morgan fingerprint density at radius 1 is 1.08 bits per heavy atom. The molecule has 0 saturated carbocycles. The van der Waals surface area contributed by atoms with E-state index in [2.05, 4.69) is 15.4 Å². The number of ketones is 1. The highest BCUT2D eigenvalue weighted by atomic mass is 16.5. The van der Waals surface area contributed by atoms with E-state index in [4.69, 9.17) is 5.26 Å². The minimum Gasteiger partial charge on any atom is -0.468 e. The van der Waals surface area contributed by atoms with E-state index >= 15 is 0 Å². The molecule has 2 rings (SSSR count). The smallest absolute Gasteiger partial charge is 0.321 e. The van der Waals surface area contributed by atoms with Gasteiger partial charge < -0.3 is 15.4 Å². The summed E-state index contributed by atoms with van der Waals surface area (Å²) in [4.78, 5) is 45.4. The first-order chi connectivity index (χ1) is 11.7. The van der Waals surface area contributed by atoms with Crippen LogP contribution in [0.1, 0.15) is 46.0 Å². The number of amides is 2. The number of Topliss-reactive ketones (excluding diaryl/α,β-unsaturated/α-hetero) is 1. The van der Waals surface area contributed by atoms with E-state index in [-0.39, 0.29) is 24.0 Å². The van der Waals surface area contributed by atoms with E-state index < -0.39 is 16.8 Å². The number of ether oxygens (including phenoxy) is 1. The minimum atomic E-state index is -0.965.